The molecule has 1 N–H and O–H groups in total. The third-order valence-electron chi connectivity index (χ3n) is 2.59. The van der Waals surface area contributed by atoms with E-state index in [2.05, 4.69) is 34.5 Å². The monoisotopic (exact) mass is 395 g/mol. The quantitative estimate of drug-likeness (QED) is 0.447. The first kappa shape index (κ1) is 15.1. The standard InChI is InChI=1S/C16H14INOS/c1-2-11-20-15-6-4-3-5-14(15)16(19)18-13-9-7-12(17)8-10-13/h2-10H,1,11H2,(H,18,19). The van der Waals surface area contributed by atoms with Crippen LogP contribution >= 0.6 is 34.4 Å². The minimum Gasteiger partial charge on any atom is -0.322 e. The van der Waals surface area contributed by atoms with E-state index >= 15 is 0 Å². The molecule has 2 aromatic rings. The fraction of sp³-hybridized carbons (Fsp3) is 0.0625. The predicted molar refractivity (Wildman–Crippen MR) is 94.5 cm³/mol. The van der Waals surface area contributed by atoms with Gasteiger partial charge in [-0.15, -0.1) is 18.3 Å². The van der Waals surface area contributed by atoms with Gasteiger partial charge in [0.15, 0.2) is 0 Å². The lowest BCUT2D eigenvalue weighted by Gasteiger charge is -2.09. The summed E-state index contributed by atoms with van der Waals surface area (Å²) in [6.07, 6.45) is 1.83. The van der Waals surface area contributed by atoms with Crippen LogP contribution in [0.4, 0.5) is 5.69 Å². The first-order valence-electron chi connectivity index (χ1n) is 6.10. The van der Waals surface area contributed by atoms with Crippen molar-refractivity contribution < 1.29 is 4.79 Å². The second-order valence-electron chi connectivity index (χ2n) is 4.06. The van der Waals surface area contributed by atoms with Gasteiger partial charge in [-0.05, 0) is 59.0 Å². The first-order chi connectivity index (χ1) is 9.70. The smallest absolute Gasteiger partial charge is 0.256 e. The molecule has 0 bridgehead atoms. The van der Waals surface area contributed by atoms with Crippen molar-refractivity contribution in [1.29, 1.82) is 0 Å². The van der Waals surface area contributed by atoms with Crippen LogP contribution in [0.25, 0.3) is 0 Å². The van der Waals surface area contributed by atoms with E-state index in [0.29, 0.717) is 5.56 Å². The van der Waals surface area contributed by atoms with E-state index < -0.39 is 0 Å². The molecule has 0 heterocycles. The van der Waals surface area contributed by atoms with E-state index in [9.17, 15) is 4.79 Å². The van der Waals surface area contributed by atoms with Crippen LogP contribution in [0.3, 0.4) is 0 Å². The van der Waals surface area contributed by atoms with Crippen LogP contribution in [0.5, 0.6) is 0 Å². The number of thioether (sulfide) groups is 1. The highest BCUT2D eigenvalue weighted by atomic mass is 127. The lowest BCUT2D eigenvalue weighted by Crippen LogP contribution is -2.12. The maximum Gasteiger partial charge on any atom is 0.256 e. The van der Waals surface area contributed by atoms with Gasteiger partial charge in [0.25, 0.3) is 5.91 Å². The third kappa shape index (κ3) is 4.11. The van der Waals surface area contributed by atoms with Crippen LogP contribution in [0.1, 0.15) is 10.4 Å². The Morgan fingerprint density at radius 1 is 1.20 bits per heavy atom. The van der Waals surface area contributed by atoms with Crippen molar-refractivity contribution in [2.75, 3.05) is 11.1 Å². The van der Waals surface area contributed by atoms with Gasteiger partial charge in [-0.1, -0.05) is 18.2 Å². The Labute approximate surface area is 136 Å². The van der Waals surface area contributed by atoms with Crippen molar-refractivity contribution in [2.24, 2.45) is 0 Å². The summed E-state index contributed by atoms with van der Waals surface area (Å²) in [4.78, 5) is 13.3. The Morgan fingerprint density at radius 2 is 1.90 bits per heavy atom. The average Bonchev–Trinajstić information content (AvgIpc) is 2.47. The number of anilines is 1. The van der Waals surface area contributed by atoms with Gasteiger partial charge in [0, 0.05) is 19.9 Å². The Bertz CT molecular complexity index is 610. The maximum atomic E-state index is 12.3. The predicted octanol–water partition coefficient (Wildman–Crippen LogP) is 4.82. The number of halogens is 1. The Morgan fingerprint density at radius 3 is 2.60 bits per heavy atom. The zero-order chi connectivity index (χ0) is 14.4. The van der Waals surface area contributed by atoms with Crippen LogP contribution in [0.15, 0.2) is 66.1 Å². The Kier molecular flexibility index (Phi) is 5.67. The third-order valence-corrected chi connectivity index (χ3v) is 4.38. The highest BCUT2D eigenvalue weighted by Crippen LogP contribution is 2.23. The largest absolute Gasteiger partial charge is 0.322 e. The molecular weight excluding hydrogens is 381 g/mol. The van der Waals surface area contributed by atoms with Crippen LogP contribution in [-0.4, -0.2) is 11.7 Å². The molecule has 20 heavy (non-hydrogen) atoms. The first-order valence-corrected chi connectivity index (χ1v) is 8.17. The molecule has 0 aliphatic heterocycles. The van der Waals surface area contributed by atoms with Crippen LogP contribution in [-0.2, 0) is 0 Å². The van der Waals surface area contributed by atoms with E-state index in [1.807, 2.05) is 54.6 Å². The van der Waals surface area contributed by atoms with Gasteiger partial charge in [-0.3, -0.25) is 4.79 Å². The number of rotatable bonds is 5. The van der Waals surface area contributed by atoms with Gasteiger partial charge in [-0.2, -0.15) is 0 Å². The molecule has 0 saturated carbocycles. The zero-order valence-corrected chi connectivity index (χ0v) is 13.8. The number of hydrogen-bond acceptors (Lipinski definition) is 2. The molecule has 102 valence electrons. The number of amides is 1. The minimum atomic E-state index is -0.0848. The summed E-state index contributed by atoms with van der Waals surface area (Å²) in [5, 5.41) is 2.92. The zero-order valence-electron chi connectivity index (χ0n) is 10.8. The minimum absolute atomic E-state index is 0.0848. The normalized spacial score (nSPS) is 10.1. The number of carbonyl (C=O) groups is 1. The van der Waals surface area contributed by atoms with Gasteiger partial charge >= 0.3 is 0 Å². The highest BCUT2D eigenvalue weighted by Gasteiger charge is 2.11. The molecular formula is C16H14INOS. The van der Waals surface area contributed by atoms with Gasteiger partial charge in [0.1, 0.15) is 0 Å². The molecule has 2 rings (SSSR count). The van der Waals surface area contributed by atoms with Crippen LogP contribution in [0.2, 0.25) is 0 Å². The molecule has 0 aromatic heterocycles. The average molecular weight is 395 g/mol. The summed E-state index contributed by atoms with van der Waals surface area (Å²) >= 11 is 3.85. The Balaban J connectivity index is 2.16. The second kappa shape index (κ2) is 7.50. The fourth-order valence-corrected chi connectivity index (χ4v) is 2.81. The summed E-state index contributed by atoms with van der Waals surface area (Å²) in [5.41, 5.74) is 1.50. The van der Waals surface area contributed by atoms with E-state index in [1.165, 1.54) is 0 Å². The van der Waals surface area contributed by atoms with Gasteiger partial charge in [0.05, 0.1) is 5.56 Å². The molecule has 0 atom stereocenters. The van der Waals surface area contributed by atoms with Crippen molar-refractivity contribution in [3.8, 4) is 0 Å². The lowest BCUT2D eigenvalue weighted by molar-refractivity contribution is 0.102. The maximum absolute atomic E-state index is 12.3. The van der Waals surface area contributed by atoms with E-state index in [0.717, 1.165) is 19.9 Å². The molecule has 0 saturated heterocycles. The summed E-state index contributed by atoms with van der Waals surface area (Å²) < 4.78 is 1.14. The summed E-state index contributed by atoms with van der Waals surface area (Å²) in [7, 11) is 0. The molecule has 0 fully saturated rings. The molecule has 1 amide bonds. The van der Waals surface area contributed by atoms with Crippen LogP contribution in [0, 0.1) is 3.57 Å². The van der Waals surface area contributed by atoms with E-state index in [4.69, 9.17) is 0 Å². The summed E-state index contributed by atoms with van der Waals surface area (Å²) in [6, 6.07) is 15.3. The van der Waals surface area contributed by atoms with Crippen LogP contribution < -0.4 is 5.32 Å². The molecule has 2 aromatic carbocycles. The van der Waals surface area contributed by atoms with Crippen molar-refractivity contribution in [3.05, 3.63) is 70.3 Å². The molecule has 4 heteroatoms. The lowest BCUT2D eigenvalue weighted by atomic mass is 10.2. The fourth-order valence-electron chi connectivity index (χ4n) is 1.66. The molecule has 0 aliphatic rings. The summed E-state index contributed by atoms with van der Waals surface area (Å²) in [5.74, 6) is 0.701. The van der Waals surface area contributed by atoms with Gasteiger partial charge in [0.2, 0.25) is 0 Å². The van der Waals surface area contributed by atoms with Crippen molar-refractivity contribution in [1.82, 2.24) is 0 Å². The van der Waals surface area contributed by atoms with E-state index in [1.54, 1.807) is 11.8 Å². The Hall–Kier alpha value is -1.27. The van der Waals surface area contributed by atoms with Gasteiger partial charge < -0.3 is 5.32 Å². The SMILES string of the molecule is C=CCSc1ccccc1C(=O)Nc1ccc(I)cc1. The molecule has 2 nitrogen and oxygen atoms in total. The van der Waals surface area contributed by atoms with Crippen molar-refractivity contribution in [3.63, 3.8) is 0 Å². The number of nitrogens with one attached hydrogen (secondary N) is 1. The number of hydrogen-bond donors (Lipinski definition) is 1. The van der Waals surface area contributed by atoms with Crippen molar-refractivity contribution >= 4 is 45.9 Å². The van der Waals surface area contributed by atoms with Gasteiger partial charge in [-0.25, -0.2) is 0 Å². The topological polar surface area (TPSA) is 29.1 Å². The number of benzene rings is 2. The number of carbonyl (C=O) groups excluding carboxylic acids is 1. The molecule has 0 radical (unpaired) electrons. The van der Waals surface area contributed by atoms with Crippen molar-refractivity contribution in [2.45, 2.75) is 4.90 Å². The molecule has 0 spiro atoms. The summed E-state index contributed by atoms with van der Waals surface area (Å²) in [6.45, 7) is 3.70. The second-order valence-corrected chi connectivity index (χ2v) is 6.36. The van der Waals surface area contributed by atoms with E-state index in [-0.39, 0.29) is 5.91 Å². The highest BCUT2D eigenvalue weighted by molar-refractivity contribution is 14.1. The molecule has 0 unspecified atom stereocenters. The molecule has 0 aliphatic carbocycles.